The zero-order valence-corrected chi connectivity index (χ0v) is 6.51. The van der Waals surface area contributed by atoms with Gasteiger partial charge in [-0.05, 0) is 6.42 Å². The second-order valence-electron chi connectivity index (χ2n) is 1.36. The monoisotopic (exact) mass is 136 g/mol. The van der Waals surface area contributed by atoms with E-state index in [2.05, 4.69) is 4.43 Å². The molecule has 3 nitrogen and oxygen atoms in total. The minimum absolute atomic E-state index is 0.260. The second kappa shape index (κ2) is 7.10. The average Bonchev–Trinajstić information content (AvgIpc) is 1.81. The van der Waals surface area contributed by atoms with Crippen LogP contribution >= 0.6 is 0 Å². The van der Waals surface area contributed by atoms with Crippen molar-refractivity contribution in [1.82, 2.24) is 0 Å². The van der Waals surface area contributed by atoms with Gasteiger partial charge in [-0.25, -0.2) is 0 Å². The molecule has 0 radical (unpaired) electrons. The highest BCUT2D eigenvalue weighted by Crippen LogP contribution is 1.78. The van der Waals surface area contributed by atoms with E-state index in [-0.39, 0.29) is 6.79 Å². The topological polar surface area (TPSA) is 38.7 Å². The molecule has 0 aromatic rings. The van der Waals surface area contributed by atoms with E-state index in [0.717, 1.165) is 6.42 Å². The predicted octanol–water partition coefficient (Wildman–Crippen LogP) is -0.622. The van der Waals surface area contributed by atoms with Crippen LogP contribution < -0.4 is 0 Å². The standard InChI is InChI=1S/C4H12O3Si/c1-2-3-6-4-7-8-5/h5H,2-4,8H2,1H3. The highest BCUT2D eigenvalue weighted by molar-refractivity contribution is 6.15. The van der Waals surface area contributed by atoms with Gasteiger partial charge in [0.05, 0.1) is 0 Å². The summed E-state index contributed by atoms with van der Waals surface area (Å²) in [5.41, 5.74) is 0. The van der Waals surface area contributed by atoms with E-state index in [1.165, 1.54) is 0 Å². The van der Waals surface area contributed by atoms with Crippen molar-refractivity contribution in [2.45, 2.75) is 13.3 Å². The van der Waals surface area contributed by atoms with Crippen molar-refractivity contribution in [1.29, 1.82) is 0 Å². The van der Waals surface area contributed by atoms with E-state index >= 15 is 0 Å². The Balaban J connectivity index is 2.53. The molecular weight excluding hydrogens is 124 g/mol. The van der Waals surface area contributed by atoms with Crippen molar-refractivity contribution < 1.29 is 14.0 Å². The number of rotatable bonds is 5. The fraction of sp³-hybridized carbons (Fsp3) is 1.00. The average molecular weight is 136 g/mol. The van der Waals surface area contributed by atoms with Gasteiger partial charge in [0.1, 0.15) is 6.79 Å². The third-order valence-electron chi connectivity index (χ3n) is 0.606. The van der Waals surface area contributed by atoms with Crippen molar-refractivity contribution in [2.24, 2.45) is 0 Å². The summed E-state index contributed by atoms with van der Waals surface area (Å²) in [5.74, 6) is 0. The first-order valence-electron chi connectivity index (χ1n) is 2.68. The van der Waals surface area contributed by atoms with Gasteiger partial charge in [0.25, 0.3) is 0 Å². The predicted molar refractivity (Wildman–Crippen MR) is 33.0 cm³/mol. The molecule has 0 aromatic heterocycles. The summed E-state index contributed by atoms with van der Waals surface area (Å²) in [4.78, 5) is 8.20. The molecule has 0 rings (SSSR count). The molecule has 0 aliphatic rings. The molecule has 0 aliphatic carbocycles. The van der Waals surface area contributed by atoms with Crippen molar-refractivity contribution >= 4 is 10.0 Å². The molecule has 0 fully saturated rings. The van der Waals surface area contributed by atoms with Crippen LogP contribution in [0.2, 0.25) is 0 Å². The molecule has 0 unspecified atom stereocenters. The third kappa shape index (κ3) is 6.10. The summed E-state index contributed by atoms with van der Waals surface area (Å²) >= 11 is 0. The maximum absolute atomic E-state index is 8.20. The van der Waals surface area contributed by atoms with Crippen LogP contribution in [-0.4, -0.2) is 28.2 Å². The summed E-state index contributed by atoms with van der Waals surface area (Å²) in [5, 5.41) is 0. The molecule has 4 heteroatoms. The molecule has 0 atom stereocenters. The smallest absolute Gasteiger partial charge is 0.303 e. The van der Waals surface area contributed by atoms with Gasteiger partial charge in [0, 0.05) is 6.61 Å². The summed E-state index contributed by atoms with van der Waals surface area (Å²) in [6.45, 7) is 3.00. The largest absolute Gasteiger partial charge is 0.415 e. The molecule has 0 saturated carbocycles. The molecule has 0 saturated heterocycles. The Hall–Kier alpha value is 0.0969. The SMILES string of the molecule is CCCOCO[SiH2]O. The van der Waals surface area contributed by atoms with E-state index in [4.69, 9.17) is 9.53 Å². The quantitative estimate of drug-likeness (QED) is 0.311. The minimum Gasteiger partial charge on any atom is -0.415 e. The van der Waals surface area contributed by atoms with Crippen LogP contribution in [0, 0.1) is 0 Å². The van der Waals surface area contributed by atoms with Crippen molar-refractivity contribution in [3.8, 4) is 0 Å². The van der Waals surface area contributed by atoms with E-state index in [1.54, 1.807) is 0 Å². The van der Waals surface area contributed by atoms with Gasteiger partial charge in [-0.15, -0.1) is 0 Å². The van der Waals surface area contributed by atoms with Crippen molar-refractivity contribution in [3.05, 3.63) is 0 Å². The fourth-order valence-electron chi connectivity index (χ4n) is 0.299. The number of ether oxygens (including phenoxy) is 1. The third-order valence-corrected chi connectivity index (χ3v) is 0.956. The number of hydrogen-bond donors (Lipinski definition) is 1. The van der Waals surface area contributed by atoms with Crippen LogP contribution in [0.15, 0.2) is 0 Å². The zero-order chi connectivity index (χ0) is 6.24. The summed E-state index contributed by atoms with van der Waals surface area (Å²) in [6, 6.07) is 0. The molecule has 0 aliphatic heterocycles. The van der Waals surface area contributed by atoms with Crippen LogP contribution in [0.1, 0.15) is 13.3 Å². The van der Waals surface area contributed by atoms with E-state index in [9.17, 15) is 0 Å². The van der Waals surface area contributed by atoms with Crippen LogP contribution in [-0.2, 0) is 9.16 Å². The first-order chi connectivity index (χ1) is 3.91. The second-order valence-corrected chi connectivity index (χ2v) is 2.03. The normalized spacial score (nSPS) is 11.2. The fourth-order valence-corrected chi connectivity index (χ4v) is 0.492. The summed E-state index contributed by atoms with van der Waals surface area (Å²) in [6.07, 6.45) is 0.996. The zero-order valence-electron chi connectivity index (χ0n) is 5.09. The van der Waals surface area contributed by atoms with E-state index in [0.29, 0.717) is 6.61 Å². The molecule has 1 N–H and O–H groups in total. The van der Waals surface area contributed by atoms with Gasteiger partial charge in [0.2, 0.25) is 0 Å². The highest BCUT2D eigenvalue weighted by Gasteiger charge is 1.81. The molecule has 0 amide bonds. The minimum atomic E-state index is -1.24. The van der Waals surface area contributed by atoms with Gasteiger partial charge >= 0.3 is 10.0 Å². The molecule has 0 aromatic carbocycles. The lowest BCUT2D eigenvalue weighted by Gasteiger charge is -1.99. The molecule has 0 heterocycles. The maximum atomic E-state index is 8.20. The maximum Gasteiger partial charge on any atom is 0.303 e. The van der Waals surface area contributed by atoms with Crippen LogP contribution in [0.5, 0.6) is 0 Å². The lowest BCUT2D eigenvalue weighted by atomic mass is 10.5. The summed E-state index contributed by atoms with van der Waals surface area (Å²) in [7, 11) is -1.24. The van der Waals surface area contributed by atoms with Gasteiger partial charge in [-0.2, -0.15) is 0 Å². The molecule has 0 bridgehead atoms. The Morgan fingerprint density at radius 1 is 1.62 bits per heavy atom. The van der Waals surface area contributed by atoms with Gasteiger partial charge < -0.3 is 14.0 Å². The Kier molecular flexibility index (Phi) is 7.18. The molecular formula is C4H12O3Si. The molecule has 8 heavy (non-hydrogen) atoms. The van der Waals surface area contributed by atoms with Gasteiger partial charge in [-0.1, -0.05) is 6.92 Å². The van der Waals surface area contributed by atoms with Gasteiger partial charge in [-0.3, -0.25) is 0 Å². The Morgan fingerprint density at radius 2 is 2.38 bits per heavy atom. The highest BCUT2D eigenvalue weighted by atomic mass is 28.2. The molecule has 0 spiro atoms. The van der Waals surface area contributed by atoms with E-state index < -0.39 is 10.0 Å². The lowest BCUT2D eigenvalue weighted by Crippen LogP contribution is -2.03. The first-order valence-corrected chi connectivity index (χ1v) is 3.89. The molecule has 50 valence electrons. The summed E-state index contributed by atoms with van der Waals surface area (Å²) < 4.78 is 9.48. The number of hydrogen-bond acceptors (Lipinski definition) is 3. The van der Waals surface area contributed by atoms with E-state index in [1.807, 2.05) is 6.92 Å². The van der Waals surface area contributed by atoms with Gasteiger partial charge in [0.15, 0.2) is 0 Å². The Labute approximate surface area is 51.7 Å². The van der Waals surface area contributed by atoms with Crippen LogP contribution in [0.25, 0.3) is 0 Å². The lowest BCUT2D eigenvalue weighted by molar-refractivity contribution is 0.00963. The Morgan fingerprint density at radius 3 is 2.88 bits per heavy atom. The van der Waals surface area contributed by atoms with Crippen LogP contribution in [0.4, 0.5) is 0 Å². The first kappa shape index (κ1) is 8.10. The van der Waals surface area contributed by atoms with Crippen molar-refractivity contribution in [3.63, 3.8) is 0 Å². The van der Waals surface area contributed by atoms with Crippen LogP contribution in [0.3, 0.4) is 0 Å². The Bertz CT molecular complexity index is 36.3. The van der Waals surface area contributed by atoms with Crippen molar-refractivity contribution in [2.75, 3.05) is 13.4 Å².